The van der Waals surface area contributed by atoms with Gasteiger partial charge in [0, 0.05) is 31.6 Å². The van der Waals surface area contributed by atoms with Gasteiger partial charge in [0.05, 0.1) is 17.5 Å². The molecule has 2 heterocycles. The van der Waals surface area contributed by atoms with Gasteiger partial charge in [-0.05, 0) is 6.92 Å². The summed E-state index contributed by atoms with van der Waals surface area (Å²) in [6.07, 6.45) is 2.82. The number of nitrogens with one attached hydrogen (secondary N) is 1. The first kappa shape index (κ1) is 10.7. The summed E-state index contributed by atoms with van der Waals surface area (Å²) in [5.41, 5.74) is 2.16. The molecule has 1 aromatic rings. The van der Waals surface area contributed by atoms with Gasteiger partial charge in [-0.3, -0.25) is 9.89 Å². The van der Waals surface area contributed by atoms with Crippen molar-refractivity contribution in [2.24, 2.45) is 5.16 Å². The van der Waals surface area contributed by atoms with Crippen molar-refractivity contribution in [3.8, 4) is 0 Å². The number of oxime groups is 1. The Morgan fingerprint density at radius 1 is 1.56 bits per heavy atom. The molecule has 2 rings (SSSR count). The Hall–Kier alpha value is -1.85. The largest absolute Gasteiger partial charge is 0.411 e. The third-order valence-electron chi connectivity index (χ3n) is 2.83. The fraction of sp³-hybridized carbons (Fsp3) is 0.500. The standard InChI is InChI=1S/C10H14N4O2/c1-7-9(6-11-12-7)10(15)14-4-2-8(13-16)3-5-14/h6,16H,2-5H2,1H3,(H,11,12). The quantitative estimate of drug-likeness (QED) is 0.544. The molecular weight excluding hydrogens is 208 g/mol. The van der Waals surface area contributed by atoms with Crippen LogP contribution in [0.25, 0.3) is 0 Å². The molecular formula is C10H14N4O2. The van der Waals surface area contributed by atoms with Gasteiger partial charge in [-0.2, -0.15) is 5.10 Å². The molecule has 1 aliphatic rings. The van der Waals surface area contributed by atoms with Crippen LogP contribution in [-0.4, -0.2) is 45.0 Å². The second-order valence-corrected chi connectivity index (χ2v) is 3.87. The normalized spacial score (nSPS) is 16.3. The Bertz CT molecular complexity index is 414. The van der Waals surface area contributed by atoms with E-state index in [1.165, 1.54) is 0 Å². The number of nitrogens with zero attached hydrogens (tertiary/aromatic N) is 3. The average molecular weight is 222 g/mol. The van der Waals surface area contributed by atoms with Crippen molar-refractivity contribution < 1.29 is 10.0 Å². The van der Waals surface area contributed by atoms with Gasteiger partial charge in [0.1, 0.15) is 0 Å². The fourth-order valence-corrected chi connectivity index (χ4v) is 1.80. The molecule has 1 amide bonds. The van der Waals surface area contributed by atoms with Crippen LogP contribution in [0.4, 0.5) is 0 Å². The van der Waals surface area contributed by atoms with E-state index in [2.05, 4.69) is 15.4 Å². The summed E-state index contributed by atoms with van der Waals surface area (Å²) in [6, 6.07) is 0. The Labute approximate surface area is 92.9 Å². The molecule has 0 radical (unpaired) electrons. The highest BCUT2D eigenvalue weighted by Crippen LogP contribution is 2.13. The number of hydrogen-bond donors (Lipinski definition) is 2. The van der Waals surface area contributed by atoms with Crippen LogP contribution in [0.5, 0.6) is 0 Å². The van der Waals surface area contributed by atoms with Crippen LogP contribution in [0.2, 0.25) is 0 Å². The number of likely N-dealkylation sites (tertiary alicyclic amines) is 1. The minimum absolute atomic E-state index is 0.0109. The van der Waals surface area contributed by atoms with Gasteiger partial charge >= 0.3 is 0 Å². The maximum absolute atomic E-state index is 12.0. The predicted molar refractivity (Wildman–Crippen MR) is 57.7 cm³/mol. The second-order valence-electron chi connectivity index (χ2n) is 3.87. The molecule has 0 unspecified atom stereocenters. The molecule has 1 aromatic heterocycles. The second kappa shape index (κ2) is 4.34. The van der Waals surface area contributed by atoms with Crippen LogP contribution in [0.1, 0.15) is 28.9 Å². The number of aryl methyl sites for hydroxylation is 1. The lowest BCUT2D eigenvalue weighted by molar-refractivity contribution is 0.0753. The first-order valence-electron chi connectivity index (χ1n) is 5.21. The summed E-state index contributed by atoms with van der Waals surface area (Å²) in [5, 5.41) is 18.4. The van der Waals surface area contributed by atoms with E-state index in [4.69, 9.17) is 5.21 Å². The van der Waals surface area contributed by atoms with Crippen molar-refractivity contribution in [3.05, 3.63) is 17.5 Å². The fourth-order valence-electron chi connectivity index (χ4n) is 1.80. The maximum atomic E-state index is 12.0. The number of carbonyl (C=O) groups is 1. The van der Waals surface area contributed by atoms with Crippen LogP contribution < -0.4 is 0 Å². The Morgan fingerprint density at radius 2 is 2.25 bits per heavy atom. The van der Waals surface area contributed by atoms with Crippen molar-refractivity contribution in [1.82, 2.24) is 15.1 Å². The molecule has 2 N–H and O–H groups in total. The highest BCUT2D eigenvalue weighted by atomic mass is 16.4. The number of H-pyrrole nitrogens is 1. The molecule has 0 bridgehead atoms. The van der Waals surface area contributed by atoms with E-state index in [1.807, 2.05) is 6.92 Å². The molecule has 6 heteroatoms. The first-order chi connectivity index (χ1) is 7.72. The molecule has 1 saturated heterocycles. The number of aromatic nitrogens is 2. The van der Waals surface area contributed by atoms with Crippen LogP contribution in [0.15, 0.2) is 11.4 Å². The number of aromatic amines is 1. The van der Waals surface area contributed by atoms with E-state index in [0.717, 1.165) is 11.4 Å². The molecule has 0 aliphatic carbocycles. The molecule has 6 nitrogen and oxygen atoms in total. The number of amides is 1. The topological polar surface area (TPSA) is 81.6 Å². The van der Waals surface area contributed by atoms with E-state index in [0.29, 0.717) is 31.5 Å². The van der Waals surface area contributed by atoms with Gasteiger partial charge in [-0.1, -0.05) is 5.16 Å². The summed E-state index contributed by atoms with van der Waals surface area (Å²) < 4.78 is 0. The summed E-state index contributed by atoms with van der Waals surface area (Å²) in [5.74, 6) is -0.0109. The van der Waals surface area contributed by atoms with Gasteiger partial charge in [0.25, 0.3) is 5.91 Å². The van der Waals surface area contributed by atoms with E-state index >= 15 is 0 Å². The van der Waals surface area contributed by atoms with Crippen LogP contribution in [0.3, 0.4) is 0 Å². The number of rotatable bonds is 1. The molecule has 16 heavy (non-hydrogen) atoms. The van der Waals surface area contributed by atoms with Crippen molar-refractivity contribution in [2.75, 3.05) is 13.1 Å². The van der Waals surface area contributed by atoms with Gasteiger partial charge in [-0.15, -0.1) is 0 Å². The van der Waals surface area contributed by atoms with E-state index in [1.54, 1.807) is 11.1 Å². The van der Waals surface area contributed by atoms with Crippen molar-refractivity contribution in [2.45, 2.75) is 19.8 Å². The van der Waals surface area contributed by atoms with Crippen molar-refractivity contribution in [1.29, 1.82) is 0 Å². The monoisotopic (exact) mass is 222 g/mol. The molecule has 0 spiro atoms. The number of hydrogen-bond acceptors (Lipinski definition) is 4. The summed E-state index contributed by atoms with van der Waals surface area (Å²) in [6.45, 7) is 3.02. The first-order valence-corrected chi connectivity index (χ1v) is 5.21. The molecule has 0 saturated carbocycles. The lowest BCUT2D eigenvalue weighted by Crippen LogP contribution is -2.38. The van der Waals surface area contributed by atoms with E-state index in [9.17, 15) is 4.79 Å². The SMILES string of the molecule is Cc1[nH]ncc1C(=O)N1CCC(=NO)CC1. The summed E-state index contributed by atoms with van der Waals surface area (Å²) >= 11 is 0. The molecule has 0 atom stereocenters. The summed E-state index contributed by atoms with van der Waals surface area (Å²) in [4.78, 5) is 13.8. The maximum Gasteiger partial charge on any atom is 0.257 e. The highest BCUT2D eigenvalue weighted by Gasteiger charge is 2.23. The van der Waals surface area contributed by atoms with Crippen molar-refractivity contribution >= 4 is 11.6 Å². The third-order valence-corrected chi connectivity index (χ3v) is 2.83. The zero-order chi connectivity index (χ0) is 11.5. The van der Waals surface area contributed by atoms with E-state index in [-0.39, 0.29) is 5.91 Å². The number of carbonyl (C=O) groups excluding carboxylic acids is 1. The van der Waals surface area contributed by atoms with Crippen LogP contribution >= 0.6 is 0 Å². The zero-order valence-electron chi connectivity index (χ0n) is 9.10. The lowest BCUT2D eigenvalue weighted by atomic mass is 10.1. The van der Waals surface area contributed by atoms with Gasteiger partial charge in [-0.25, -0.2) is 0 Å². The Kier molecular flexibility index (Phi) is 2.89. The molecule has 1 fully saturated rings. The molecule has 86 valence electrons. The number of piperidine rings is 1. The van der Waals surface area contributed by atoms with Crippen LogP contribution in [-0.2, 0) is 0 Å². The zero-order valence-corrected chi connectivity index (χ0v) is 9.10. The van der Waals surface area contributed by atoms with E-state index < -0.39 is 0 Å². The van der Waals surface area contributed by atoms with Gasteiger partial charge < -0.3 is 10.1 Å². The Morgan fingerprint density at radius 3 is 2.75 bits per heavy atom. The third kappa shape index (κ3) is 1.91. The Balaban J connectivity index is 2.05. The lowest BCUT2D eigenvalue weighted by Gasteiger charge is -2.26. The van der Waals surface area contributed by atoms with Gasteiger partial charge in [0.2, 0.25) is 0 Å². The van der Waals surface area contributed by atoms with Crippen molar-refractivity contribution in [3.63, 3.8) is 0 Å². The summed E-state index contributed by atoms with van der Waals surface area (Å²) in [7, 11) is 0. The smallest absolute Gasteiger partial charge is 0.257 e. The molecule has 0 aromatic carbocycles. The molecule has 1 aliphatic heterocycles. The average Bonchev–Trinajstić information content (AvgIpc) is 2.75. The minimum Gasteiger partial charge on any atom is -0.411 e. The minimum atomic E-state index is -0.0109. The van der Waals surface area contributed by atoms with Crippen LogP contribution in [0, 0.1) is 6.92 Å². The highest BCUT2D eigenvalue weighted by molar-refractivity contribution is 5.96. The predicted octanol–water partition coefficient (Wildman–Crippen LogP) is 0.784. The van der Waals surface area contributed by atoms with Gasteiger partial charge in [0.15, 0.2) is 0 Å².